The maximum absolute atomic E-state index is 12.6. The molecule has 1 aromatic heterocycles. The third-order valence-electron chi connectivity index (χ3n) is 5.55. The average molecular weight is 389 g/mol. The van der Waals surface area contributed by atoms with Gasteiger partial charge in [-0.3, -0.25) is 9.78 Å². The number of aryl methyl sites for hydroxylation is 1. The molecule has 3 aromatic rings. The lowest BCUT2D eigenvalue weighted by Crippen LogP contribution is -2.18. The number of rotatable bonds is 5. The predicted octanol–water partition coefficient (Wildman–Crippen LogP) is 4.14. The molecule has 0 atom stereocenters. The van der Waals surface area contributed by atoms with Crippen LogP contribution in [0.1, 0.15) is 24.8 Å². The maximum Gasteiger partial charge on any atom is 0.231 e. The molecule has 29 heavy (non-hydrogen) atoms. The van der Waals surface area contributed by atoms with Crippen molar-refractivity contribution >= 4 is 28.2 Å². The first-order chi connectivity index (χ1) is 14.3. The number of pyridine rings is 1. The fourth-order valence-electron chi connectivity index (χ4n) is 4.05. The number of hydrogen-bond donors (Lipinski definition) is 1. The number of benzene rings is 2. The van der Waals surface area contributed by atoms with Crippen molar-refractivity contribution in [2.75, 3.05) is 30.1 Å². The summed E-state index contributed by atoms with van der Waals surface area (Å²) >= 11 is 0. The third-order valence-corrected chi connectivity index (χ3v) is 5.55. The molecule has 148 valence electrons. The summed E-state index contributed by atoms with van der Waals surface area (Å²) < 4.78 is 10.7. The number of amides is 1. The molecule has 6 heteroatoms. The average Bonchev–Trinajstić information content (AvgIpc) is 3.44. The second kappa shape index (κ2) is 7.62. The van der Waals surface area contributed by atoms with Gasteiger partial charge in [-0.25, -0.2) is 0 Å². The highest BCUT2D eigenvalue weighted by Gasteiger charge is 2.18. The minimum Gasteiger partial charge on any atom is -0.454 e. The number of nitrogens with zero attached hydrogens (tertiary/aromatic N) is 2. The molecule has 2 aliphatic heterocycles. The van der Waals surface area contributed by atoms with Gasteiger partial charge in [0.1, 0.15) is 0 Å². The van der Waals surface area contributed by atoms with E-state index < -0.39 is 0 Å². The van der Waals surface area contributed by atoms with Crippen molar-refractivity contribution in [2.45, 2.75) is 25.7 Å². The highest BCUT2D eigenvalue weighted by molar-refractivity contribution is 6.05. The van der Waals surface area contributed by atoms with Gasteiger partial charge in [0.15, 0.2) is 11.5 Å². The topological polar surface area (TPSA) is 63.7 Å². The molecule has 0 unspecified atom stereocenters. The van der Waals surface area contributed by atoms with Crippen LogP contribution < -0.4 is 19.7 Å². The number of ether oxygens (including phenoxy) is 2. The molecule has 1 amide bonds. The van der Waals surface area contributed by atoms with Gasteiger partial charge >= 0.3 is 0 Å². The summed E-state index contributed by atoms with van der Waals surface area (Å²) in [7, 11) is 0. The smallest absolute Gasteiger partial charge is 0.231 e. The lowest BCUT2D eigenvalue weighted by molar-refractivity contribution is -0.116. The molecule has 0 spiro atoms. The summed E-state index contributed by atoms with van der Waals surface area (Å²) in [6, 6.07) is 13.8. The van der Waals surface area contributed by atoms with E-state index in [0.717, 1.165) is 52.4 Å². The summed E-state index contributed by atoms with van der Waals surface area (Å²) in [6.45, 7) is 2.38. The SMILES string of the molecule is O=C(CCc1ccc2c(c1)OCO2)Nc1ccc(N2CCCC2)c2ncccc12. The molecule has 1 saturated heterocycles. The monoisotopic (exact) mass is 389 g/mol. The lowest BCUT2D eigenvalue weighted by Gasteiger charge is -2.20. The van der Waals surface area contributed by atoms with Gasteiger partial charge < -0.3 is 19.7 Å². The lowest BCUT2D eigenvalue weighted by atomic mass is 10.1. The zero-order valence-electron chi connectivity index (χ0n) is 16.2. The zero-order chi connectivity index (χ0) is 19.6. The molecule has 3 heterocycles. The summed E-state index contributed by atoms with van der Waals surface area (Å²) in [5.41, 5.74) is 3.96. The minimum atomic E-state index is -0.0123. The molecule has 6 nitrogen and oxygen atoms in total. The largest absolute Gasteiger partial charge is 0.454 e. The van der Waals surface area contributed by atoms with Crippen LogP contribution in [0.2, 0.25) is 0 Å². The van der Waals surface area contributed by atoms with Crippen LogP contribution in [-0.4, -0.2) is 30.8 Å². The first-order valence-electron chi connectivity index (χ1n) is 10.1. The van der Waals surface area contributed by atoms with Gasteiger partial charge in [0, 0.05) is 31.1 Å². The van der Waals surface area contributed by atoms with Crippen LogP contribution >= 0.6 is 0 Å². The Labute approximate surface area is 169 Å². The van der Waals surface area contributed by atoms with Crippen LogP contribution in [0.5, 0.6) is 11.5 Å². The van der Waals surface area contributed by atoms with Gasteiger partial charge in [-0.2, -0.15) is 0 Å². The molecule has 2 aromatic carbocycles. The van der Waals surface area contributed by atoms with E-state index >= 15 is 0 Å². The minimum absolute atomic E-state index is 0.0123. The van der Waals surface area contributed by atoms with E-state index in [-0.39, 0.29) is 12.7 Å². The number of nitrogens with one attached hydrogen (secondary N) is 1. The Kier molecular flexibility index (Phi) is 4.68. The second-order valence-electron chi connectivity index (χ2n) is 7.46. The number of anilines is 2. The normalized spacial score (nSPS) is 15.1. The zero-order valence-corrected chi connectivity index (χ0v) is 16.2. The van der Waals surface area contributed by atoms with Crippen LogP contribution in [0.15, 0.2) is 48.7 Å². The van der Waals surface area contributed by atoms with E-state index in [1.165, 1.54) is 12.8 Å². The van der Waals surface area contributed by atoms with Gasteiger partial charge in [0.2, 0.25) is 12.7 Å². The summed E-state index contributed by atoms with van der Waals surface area (Å²) in [4.78, 5) is 19.6. The highest BCUT2D eigenvalue weighted by Crippen LogP contribution is 2.34. The van der Waals surface area contributed by atoms with Crippen molar-refractivity contribution in [1.82, 2.24) is 4.98 Å². The number of hydrogen-bond acceptors (Lipinski definition) is 5. The molecule has 1 N–H and O–H groups in total. The van der Waals surface area contributed by atoms with Crippen LogP contribution in [0.3, 0.4) is 0 Å². The number of fused-ring (bicyclic) bond motifs is 2. The van der Waals surface area contributed by atoms with E-state index in [2.05, 4.69) is 21.3 Å². The number of carbonyl (C=O) groups excluding carboxylic acids is 1. The fourth-order valence-corrected chi connectivity index (χ4v) is 4.05. The van der Waals surface area contributed by atoms with Gasteiger partial charge in [-0.05, 0) is 61.2 Å². The van der Waals surface area contributed by atoms with Crippen molar-refractivity contribution in [1.29, 1.82) is 0 Å². The summed E-state index contributed by atoms with van der Waals surface area (Å²) in [5, 5.41) is 4.05. The van der Waals surface area contributed by atoms with Crippen molar-refractivity contribution in [2.24, 2.45) is 0 Å². The van der Waals surface area contributed by atoms with E-state index in [1.807, 2.05) is 42.6 Å². The number of aromatic nitrogens is 1. The Morgan fingerprint density at radius 2 is 1.93 bits per heavy atom. The first kappa shape index (κ1) is 17.8. The molecule has 0 bridgehead atoms. The van der Waals surface area contributed by atoms with E-state index in [4.69, 9.17) is 9.47 Å². The van der Waals surface area contributed by atoms with Crippen molar-refractivity contribution in [3.8, 4) is 11.5 Å². The Balaban J connectivity index is 1.31. The van der Waals surface area contributed by atoms with Crippen LogP contribution in [-0.2, 0) is 11.2 Å². The first-order valence-corrected chi connectivity index (χ1v) is 10.1. The molecular formula is C23H23N3O3. The Bertz CT molecular complexity index is 1060. The Hall–Kier alpha value is -3.28. The number of carbonyl (C=O) groups is 1. The van der Waals surface area contributed by atoms with Gasteiger partial charge in [0.05, 0.1) is 16.9 Å². The molecular weight excluding hydrogens is 366 g/mol. The summed E-state index contributed by atoms with van der Waals surface area (Å²) in [6.07, 6.45) is 5.28. The Morgan fingerprint density at radius 1 is 1.07 bits per heavy atom. The standard InChI is InChI=1S/C23H23N3O3/c27-22(10-6-16-5-9-20-21(14-16)29-15-28-20)25-18-7-8-19(26-12-1-2-13-26)23-17(18)4-3-11-24-23/h3-5,7-9,11,14H,1-2,6,10,12-13,15H2,(H,25,27). The third kappa shape index (κ3) is 3.58. The van der Waals surface area contributed by atoms with Gasteiger partial charge in [0.25, 0.3) is 0 Å². The van der Waals surface area contributed by atoms with Crippen molar-refractivity contribution in [3.05, 3.63) is 54.2 Å². The fraction of sp³-hybridized carbons (Fsp3) is 0.304. The summed E-state index contributed by atoms with van der Waals surface area (Å²) in [5.74, 6) is 1.49. The molecule has 2 aliphatic rings. The van der Waals surface area contributed by atoms with Crippen LogP contribution in [0.4, 0.5) is 11.4 Å². The predicted molar refractivity (Wildman–Crippen MR) is 113 cm³/mol. The van der Waals surface area contributed by atoms with E-state index in [0.29, 0.717) is 12.8 Å². The van der Waals surface area contributed by atoms with Gasteiger partial charge in [-0.1, -0.05) is 6.07 Å². The van der Waals surface area contributed by atoms with Crippen LogP contribution in [0, 0.1) is 0 Å². The van der Waals surface area contributed by atoms with Crippen LogP contribution in [0.25, 0.3) is 10.9 Å². The van der Waals surface area contributed by atoms with Crippen molar-refractivity contribution in [3.63, 3.8) is 0 Å². The molecule has 0 saturated carbocycles. The van der Waals surface area contributed by atoms with Gasteiger partial charge in [-0.15, -0.1) is 0 Å². The molecule has 0 radical (unpaired) electrons. The second-order valence-corrected chi connectivity index (χ2v) is 7.46. The quantitative estimate of drug-likeness (QED) is 0.711. The maximum atomic E-state index is 12.6. The molecule has 0 aliphatic carbocycles. The van der Waals surface area contributed by atoms with E-state index in [9.17, 15) is 4.79 Å². The molecule has 5 rings (SSSR count). The van der Waals surface area contributed by atoms with E-state index in [1.54, 1.807) is 0 Å². The Morgan fingerprint density at radius 3 is 2.83 bits per heavy atom. The molecule has 1 fully saturated rings. The van der Waals surface area contributed by atoms with Crippen molar-refractivity contribution < 1.29 is 14.3 Å². The highest BCUT2D eigenvalue weighted by atomic mass is 16.7.